The van der Waals surface area contributed by atoms with E-state index in [9.17, 15) is 14.4 Å². The lowest BCUT2D eigenvalue weighted by atomic mass is 10.1. The van der Waals surface area contributed by atoms with Crippen molar-refractivity contribution in [3.63, 3.8) is 0 Å². The van der Waals surface area contributed by atoms with Crippen molar-refractivity contribution < 1.29 is 23.9 Å². The summed E-state index contributed by atoms with van der Waals surface area (Å²) < 4.78 is 10.5. The van der Waals surface area contributed by atoms with Crippen LogP contribution in [-0.4, -0.2) is 24.5 Å². The molecule has 0 aliphatic carbocycles. The maximum Gasteiger partial charge on any atom is 0.266 e. The van der Waals surface area contributed by atoms with E-state index in [-0.39, 0.29) is 24.5 Å². The Morgan fingerprint density at radius 3 is 2.17 bits per heavy atom. The van der Waals surface area contributed by atoms with Crippen molar-refractivity contribution in [1.29, 1.82) is 0 Å². The summed E-state index contributed by atoms with van der Waals surface area (Å²) in [5.74, 6) is 0.104. The first-order valence-electron chi connectivity index (χ1n) is 8.91. The smallest absolute Gasteiger partial charge is 0.266 e. The van der Waals surface area contributed by atoms with Crippen LogP contribution in [0.1, 0.15) is 31.1 Å². The molecule has 2 heterocycles. The summed E-state index contributed by atoms with van der Waals surface area (Å²) in [6.07, 6.45) is 0. The zero-order valence-corrected chi connectivity index (χ0v) is 15.0. The third kappa shape index (κ3) is 2.80. The van der Waals surface area contributed by atoms with E-state index in [4.69, 9.17) is 9.47 Å². The minimum Gasteiger partial charge on any atom is -0.454 e. The molecule has 29 heavy (non-hydrogen) atoms. The number of amides is 3. The van der Waals surface area contributed by atoms with Gasteiger partial charge in [0.15, 0.2) is 11.5 Å². The second-order valence-electron chi connectivity index (χ2n) is 6.56. The topological polar surface area (TPSA) is 84.9 Å². The molecule has 0 unspecified atom stereocenters. The Morgan fingerprint density at radius 1 is 0.828 bits per heavy atom. The maximum atomic E-state index is 12.6. The SMILES string of the molecule is O=C(Nc1ccc(N2C(=O)c3ccccc3C2=O)cc1)c1ccc2c(c1)OCO2. The molecule has 0 saturated heterocycles. The largest absolute Gasteiger partial charge is 0.454 e. The van der Waals surface area contributed by atoms with E-state index in [2.05, 4.69) is 5.32 Å². The molecule has 3 amide bonds. The van der Waals surface area contributed by atoms with E-state index < -0.39 is 0 Å². The van der Waals surface area contributed by atoms with E-state index in [0.717, 1.165) is 4.90 Å². The number of rotatable bonds is 3. The molecular formula is C22H14N2O5. The summed E-state index contributed by atoms with van der Waals surface area (Å²) in [7, 11) is 0. The number of nitrogens with zero attached hydrogens (tertiary/aromatic N) is 1. The quantitative estimate of drug-likeness (QED) is 0.697. The van der Waals surface area contributed by atoms with E-state index in [0.29, 0.717) is 39.6 Å². The van der Waals surface area contributed by atoms with Gasteiger partial charge in [-0.3, -0.25) is 14.4 Å². The molecule has 0 saturated carbocycles. The van der Waals surface area contributed by atoms with Crippen LogP contribution in [0.25, 0.3) is 0 Å². The van der Waals surface area contributed by atoms with Gasteiger partial charge >= 0.3 is 0 Å². The van der Waals surface area contributed by atoms with Gasteiger partial charge in [0.05, 0.1) is 16.8 Å². The molecule has 2 aliphatic heterocycles. The Balaban J connectivity index is 1.34. The summed E-state index contributed by atoms with van der Waals surface area (Å²) in [5, 5.41) is 2.78. The highest BCUT2D eigenvalue weighted by Crippen LogP contribution is 2.33. The van der Waals surface area contributed by atoms with Gasteiger partial charge in [0.25, 0.3) is 17.7 Å². The van der Waals surface area contributed by atoms with Gasteiger partial charge < -0.3 is 14.8 Å². The van der Waals surface area contributed by atoms with Gasteiger partial charge in [-0.05, 0) is 54.6 Å². The van der Waals surface area contributed by atoms with E-state index in [1.165, 1.54) is 0 Å². The first-order valence-corrected chi connectivity index (χ1v) is 8.91. The molecule has 5 rings (SSSR count). The average Bonchev–Trinajstić information content (AvgIpc) is 3.31. The molecule has 142 valence electrons. The number of fused-ring (bicyclic) bond motifs is 2. The Hall–Kier alpha value is -4.13. The number of hydrogen-bond acceptors (Lipinski definition) is 5. The van der Waals surface area contributed by atoms with Gasteiger partial charge in [0, 0.05) is 11.3 Å². The van der Waals surface area contributed by atoms with Crippen molar-refractivity contribution in [1.82, 2.24) is 0 Å². The fourth-order valence-electron chi connectivity index (χ4n) is 3.36. The van der Waals surface area contributed by atoms with E-state index in [1.54, 1.807) is 66.7 Å². The summed E-state index contributed by atoms with van der Waals surface area (Å²) in [5.41, 5.74) is 2.18. The molecule has 1 N–H and O–H groups in total. The maximum absolute atomic E-state index is 12.6. The average molecular weight is 386 g/mol. The number of ether oxygens (including phenoxy) is 2. The van der Waals surface area contributed by atoms with Crippen LogP contribution in [0, 0.1) is 0 Å². The monoisotopic (exact) mass is 386 g/mol. The summed E-state index contributed by atoms with van der Waals surface area (Å²) in [6.45, 7) is 0.139. The number of anilines is 2. The van der Waals surface area contributed by atoms with E-state index >= 15 is 0 Å². The minimum absolute atomic E-state index is 0.139. The van der Waals surface area contributed by atoms with E-state index in [1.807, 2.05) is 0 Å². The lowest BCUT2D eigenvalue weighted by Gasteiger charge is -2.14. The molecule has 0 fully saturated rings. The van der Waals surface area contributed by atoms with Crippen LogP contribution < -0.4 is 19.7 Å². The lowest BCUT2D eigenvalue weighted by Crippen LogP contribution is -2.29. The van der Waals surface area contributed by atoms with Gasteiger partial charge in [-0.15, -0.1) is 0 Å². The fraction of sp³-hybridized carbons (Fsp3) is 0.0455. The fourth-order valence-corrected chi connectivity index (χ4v) is 3.36. The van der Waals surface area contributed by atoms with Crippen LogP contribution in [0.5, 0.6) is 11.5 Å². The van der Waals surface area contributed by atoms with Crippen LogP contribution in [0.15, 0.2) is 66.7 Å². The number of nitrogens with one attached hydrogen (secondary N) is 1. The normalized spacial score (nSPS) is 14.1. The highest BCUT2D eigenvalue weighted by atomic mass is 16.7. The first kappa shape index (κ1) is 17.0. The Labute approximate surface area is 165 Å². The van der Waals surface area contributed by atoms with Crippen LogP contribution in [0.4, 0.5) is 11.4 Å². The molecule has 0 aromatic heterocycles. The molecule has 3 aromatic rings. The third-order valence-electron chi connectivity index (χ3n) is 4.81. The molecule has 7 heteroatoms. The molecule has 2 aliphatic rings. The first-order chi connectivity index (χ1) is 14.1. The minimum atomic E-state index is -0.359. The predicted molar refractivity (Wildman–Crippen MR) is 105 cm³/mol. The molecular weight excluding hydrogens is 372 g/mol. The highest BCUT2D eigenvalue weighted by molar-refractivity contribution is 6.34. The van der Waals surface area contributed by atoms with Crippen LogP contribution >= 0.6 is 0 Å². The van der Waals surface area contributed by atoms with Crippen molar-refractivity contribution >= 4 is 29.1 Å². The van der Waals surface area contributed by atoms with Crippen molar-refractivity contribution in [2.75, 3.05) is 17.0 Å². The molecule has 3 aromatic carbocycles. The zero-order chi connectivity index (χ0) is 20.0. The standard InChI is InChI=1S/C22H14N2O5/c25-20(13-5-10-18-19(11-13)29-12-28-18)23-14-6-8-15(9-7-14)24-21(26)16-3-1-2-4-17(16)22(24)27/h1-11H,12H2,(H,23,25). The molecule has 7 nitrogen and oxygen atoms in total. The van der Waals surface area contributed by atoms with Crippen LogP contribution in [0.3, 0.4) is 0 Å². The van der Waals surface area contributed by atoms with Crippen molar-refractivity contribution in [2.45, 2.75) is 0 Å². The van der Waals surface area contributed by atoms with Crippen LogP contribution in [-0.2, 0) is 0 Å². The number of benzene rings is 3. The van der Waals surface area contributed by atoms with Gasteiger partial charge in [-0.25, -0.2) is 4.90 Å². The summed E-state index contributed by atoms with van der Waals surface area (Å²) in [4.78, 5) is 38.7. The second kappa shape index (κ2) is 6.49. The lowest BCUT2D eigenvalue weighted by molar-refractivity contribution is 0.0924. The summed E-state index contributed by atoms with van der Waals surface area (Å²) in [6, 6.07) is 18.2. The highest BCUT2D eigenvalue weighted by Gasteiger charge is 2.36. The number of carbonyl (C=O) groups is 3. The van der Waals surface area contributed by atoms with Gasteiger partial charge in [0.1, 0.15) is 0 Å². The van der Waals surface area contributed by atoms with Gasteiger partial charge in [0.2, 0.25) is 6.79 Å². The Bertz CT molecular complexity index is 1140. The molecule has 0 bridgehead atoms. The van der Waals surface area contributed by atoms with Crippen molar-refractivity contribution in [3.05, 3.63) is 83.4 Å². The number of hydrogen-bond donors (Lipinski definition) is 1. The second-order valence-corrected chi connectivity index (χ2v) is 6.56. The van der Waals surface area contributed by atoms with Gasteiger partial charge in [-0.2, -0.15) is 0 Å². The van der Waals surface area contributed by atoms with Crippen molar-refractivity contribution in [3.8, 4) is 11.5 Å². The molecule has 0 atom stereocenters. The zero-order valence-electron chi connectivity index (χ0n) is 15.0. The third-order valence-corrected chi connectivity index (χ3v) is 4.81. The number of imide groups is 1. The summed E-state index contributed by atoms with van der Waals surface area (Å²) >= 11 is 0. The van der Waals surface area contributed by atoms with Crippen LogP contribution in [0.2, 0.25) is 0 Å². The Morgan fingerprint density at radius 2 is 1.48 bits per heavy atom. The van der Waals surface area contributed by atoms with Crippen molar-refractivity contribution in [2.24, 2.45) is 0 Å². The number of carbonyl (C=O) groups excluding carboxylic acids is 3. The molecule has 0 spiro atoms. The predicted octanol–water partition coefficient (Wildman–Crippen LogP) is 3.47. The Kier molecular flexibility index (Phi) is 3.80. The van der Waals surface area contributed by atoms with Gasteiger partial charge in [-0.1, -0.05) is 12.1 Å². The molecule has 0 radical (unpaired) electrons.